The van der Waals surface area contributed by atoms with E-state index in [9.17, 15) is 9.18 Å². The van der Waals surface area contributed by atoms with Gasteiger partial charge in [0.05, 0.1) is 5.02 Å². The molecule has 2 aromatic heterocycles. The maximum Gasteiger partial charge on any atom is 0.356 e. The van der Waals surface area contributed by atoms with Gasteiger partial charge in [0, 0.05) is 16.6 Å². The minimum atomic E-state index is -0.654. The van der Waals surface area contributed by atoms with Crippen LogP contribution in [0.5, 0.6) is 0 Å². The average molecular weight is 413 g/mol. The summed E-state index contributed by atoms with van der Waals surface area (Å²) in [5, 5.41) is 3.88. The van der Waals surface area contributed by atoms with Crippen molar-refractivity contribution in [1.82, 2.24) is 19.9 Å². The number of nitrogens with zero attached hydrogens (tertiary/aromatic N) is 3. The topological polar surface area (TPSA) is 119 Å². The Morgan fingerprint density at radius 3 is 2.66 bits per heavy atom. The van der Waals surface area contributed by atoms with E-state index in [4.69, 9.17) is 22.1 Å². The van der Waals surface area contributed by atoms with Crippen LogP contribution >= 0.6 is 11.6 Å². The summed E-state index contributed by atoms with van der Waals surface area (Å²) in [4.78, 5) is 27.4. The molecule has 0 saturated heterocycles. The van der Waals surface area contributed by atoms with Crippen LogP contribution < -0.4 is 11.1 Å². The molecule has 2 heterocycles. The summed E-state index contributed by atoms with van der Waals surface area (Å²) in [6.07, 6.45) is 0. The first-order valence-corrected chi connectivity index (χ1v) is 8.84. The first kappa shape index (κ1) is 18.6. The molecule has 4 N–H and O–H groups in total. The van der Waals surface area contributed by atoms with Crippen molar-refractivity contribution >= 4 is 46.1 Å². The van der Waals surface area contributed by atoms with E-state index < -0.39 is 5.97 Å². The highest BCUT2D eigenvalue weighted by Gasteiger charge is 2.18. The van der Waals surface area contributed by atoms with E-state index in [2.05, 4.69) is 25.3 Å². The number of rotatable bonds is 5. The Labute approximate surface area is 168 Å². The highest BCUT2D eigenvalue weighted by Crippen LogP contribution is 2.27. The van der Waals surface area contributed by atoms with Crippen LogP contribution in [0.15, 0.2) is 48.5 Å². The zero-order chi connectivity index (χ0) is 20.4. The maximum absolute atomic E-state index is 13.0. The van der Waals surface area contributed by atoms with Gasteiger partial charge >= 0.3 is 5.97 Å². The number of ether oxygens (including phenoxy) is 1. The molecule has 0 spiro atoms. The largest absolute Gasteiger partial charge is 0.453 e. The summed E-state index contributed by atoms with van der Waals surface area (Å²) in [7, 11) is 0. The van der Waals surface area contributed by atoms with Crippen LogP contribution in [-0.4, -0.2) is 25.9 Å². The molecule has 0 saturated carbocycles. The molecule has 0 fully saturated rings. The number of aromatic amines is 1. The van der Waals surface area contributed by atoms with Crippen LogP contribution in [0.1, 0.15) is 16.3 Å². The minimum Gasteiger partial charge on any atom is -0.453 e. The fourth-order valence-electron chi connectivity index (χ4n) is 2.67. The van der Waals surface area contributed by atoms with Crippen molar-refractivity contribution in [3.8, 4) is 0 Å². The highest BCUT2D eigenvalue weighted by molar-refractivity contribution is 6.38. The number of hydrogen-bond acceptors (Lipinski definition) is 7. The van der Waals surface area contributed by atoms with Crippen molar-refractivity contribution in [2.24, 2.45) is 0 Å². The van der Waals surface area contributed by atoms with E-state index in [1.807, 2.05) is 12.1 Å². The third-order valence-electron chi connectivity index (χ3n) is 3.98. The lowest BCUT2D eigenvalue weighted by Gasteiger charge is -2.08. The van der Waals surface area contributed by atoms with E-state index in [0.29, 0.717) is 5.69 Å². The van der Waals surface area contributed by atoms with Crippen molar-refractivity contribution in [2.75, 3.05) is 11.1 Å². The summed E-state index contributed by atoms with van der Waals surface area (Å²) in [5.41, 5.74) is 7.12. The third-order valence-corrected chi connectivity index (χ3v) is 4.37. The van der Waals surface area contributed by atoms with Gasteiger partial charge in [-0.1, -0.05) is 29.8 Å². The fourth-order valence-corrected chi connectivity index (χ4v) is 2.96. The van der Waals surface area contributed by atoms with Crippen molar-refractivity contribution in [3.05, 3.63) is 70.9 Å². The SMILES string of the molecule is Nc1nc(COC(=O)c2[nH]c3ccccc3c2Cl)nc(Nc2ccc(F)cc2)n1. The molecule has 10 heteroatoms. The summed E-state index contributed by atoms with van der Waals surface area (Å²) >= 11 is 6.26. The van der Waals surface area contributed by atoms with E-state index in [1.54, 1.807) is 12.1 Å². The van der Waals surface area contributed by atoms with E-state index in [1.165, 1.54) is 24.3 Å². The summed E-state index contributed by atoms with van der Waals surface area (Å²) < 4.78 is 18.3. The summed E-state index contributed by atoms with van der Waals surface area (Å²) in [6.45, 7) is -0.241. The van der Waals surface area contributed by atoms with Gasteiger partial charge in [0.15, 0.2) is 12.4 Å². The number of nitrogens with one attached hydrogen (secondary N) is 2. The van der Waals surface area contributed by atoms with Crippen molar-refractivity contribution in [1.29, 1.82) is 0 Å². The number of esters is 1. The van der Waals surface area contributed by atoms with Gasteiger partial charge < -0.3 is 20.8 Å². The summed E-state index contributed by atoms with van der Waals surface area (Å²) in [5.74, 6) is -0.798. The number of benzene rings is 2. The van der Waals surface area contributed by atoms with Gasteiger partial charge in [-0.2, -0.15) is 15.0 Å². The van der Waals surface area contributed by atoms with Crippen LogP contribution in [0.2, 0.25) is 5.02 Å². The van der Waals surface area contributed by atoms with E-state index in [-0.39, 0.29) is 40.9 Å². The summed E-state index contributed by atoms with van der Waals surface area (Å²) in [6, 6.07) is 12.9. The molecule has 8 nitrogen and oxygen atoms in total. The van der Waals surface area contributed by atoms with Crippen molar-refractivity contribution in [3.63, 3.8) is 0 Å². The number of fused-ring (bicyclic) bond motifs is 1. The molecule has 29 heavy (non-hydrogen) atoms. The molecule has 0 bridgehead atoms. The average Bonchev–Trinajstić information content (AvgIpc) is 3.05. The zero-order valence-electron chi connectivity index (χ0n) is 14.8. The molecule has 0 amide bonds. The molecule has 0 atom stereocenters. The number of H-pyrrole nitrogens is 1. The first-order valence-electron chi connectivity index (χ1n) is 8.46. The monoisotopic (exact) mass is 412 g/mol. The number of anilines is 3. The zero-order valence-corrected chi connectivity index (χ0v) is 15.6. The highest BCUT2D eigenvalue weighted by atomic mass is 35.5. The number of halogens is 2. The number of carbonyl (C=O) groups excluding carboxylic acids is 1. The van der Waals surface area contributed by atoms with Gasteiger partial charge in [-0.25, -0.2) is 9.18 Å². The Kier molecular flexibility index (Phi) is 4.96. The number of para-hydroxylation sites is 1. The lowest BCUT2D eigenvalue weighted by molar-refractivity contribution is 0.0456. The van der Waals surface area contributed by atoms with Gasteiger partial charge in [-0.15, -0.1) is 0 Å². The first-order chi connectivity index (χ1) is 14.0. The molecule has 4 rings (SSSR count). The number of nitrogens with two attached hydrogens (primary N) is 1. The normalized spacial score (nSPS) is 10.8. The van der Waals surface area contributed by atoms with E-state index in [0.717, 1.165) is 10.9 Å². The molecule has 146 valence electrons. The van der Waals surface area contributed by atoms with Gasteiger partial charge in [-0.3, -0.25) is 0 Å². The van der Waals surface area contributed by atoms with Crippen LogP contribution in [0.3, 0.4) is 0 Å². The number of aromatic nitrogens is 4. The second-order valence-corrected chi connectivity index (χ2v) is 6.38. The third kappa shape index (κ3) is 4.09. The second kappa shape index (κ2) is 7.72. The van der Waals surface area contributed by atoms with Gasteiger partial charge in [0.1, 0.15) is 11.5 Å². The van der Waals surface area contributed by atoms with Crippen LogP contribution in [0.4, 0.5) is 22.0 Å². The second-order valence-electron chi connectivity index (χ2n) is 6.00. The predicted octanol–water partition coefficient (Wildman–Crippen LogP) is 3.83. The number of nitrogen functional groups attached to an aromatic ring is 1. The van der Waals surface area contributed by atoms with Crippen LogP contribution in [-0.2, 0) is 11.3 Å². The van der Waals surface area contributed by atoms with E-state index >= 15 is 0 Å². The molecular weight excluding hydrogens is 399 g/mol. The number of hydrogen-bond donors (Lipinski definition) is 3. The Balaban J connectivity index is 1.49. The van der Waals surface area contributed by atoms with Crippen LogP contribution in [0.25, 0.3) is 10.9 Å². The number of carbonyl (C=O) groups is 1. The van der Waals surface area contributed by atoms with Gasteiger partial charge in [0.2, 0.25) is 11.9 Å². The fraction of sp³-hybridized carbons (Fsp3) is 0.0526. The van der Waals surface area contributed by atoms with Gasteiger partial charge in [-0.05, 0) is 30.3 Å². The van der Waals surface area contributed by atoms with Crippen molar-refractivity contribution in [2.45, 2.75) is 6.61 Å². The molecule has 2 aromatic carbocycles. The lowest BCUT2D eigenvalue weighted by Crippen LogP contribution is -2.11. The molecule has 0 unspecified atom stereocenters. The maximum atomic E-state index is 13.0. The predicted molar refractivity (Wildman–Crippen MR) is 106 cm³/mol. The Morgan fingerprint density at radius 2 is 1.90 bits per heavy atom. The molecule has 0 aliphatic rings. The van der Waals surface area contributed by atoms with Gasteiger partial charge in [0.25, 0.3) is 0 Å². The molecule has 0 radical (unpaired) electrons. The Bertz CT molecular complexity index is 1200. The Hall–Kier alpha value is -3.72. The molecule has 4 aromatic rings. The smallest absolute Gasteiger partial charge is 0.356 e. The molecule has 0 aliphatic heterocycles. The lowest BCUT2D eigenvalue weighted by atomic mass is 10.2. The quantitative estimate of drug-likeness (QED) is 0.426. The molecular formula is C19H14ClFN6O2. The Morgan fingerprint density at radius 1 is 1.14 bits per heavy atom. The standard InChI is InChI=1S/C19H14ClFN6O2/c20-15-12-3-1-2-4-13(12)24-16(15)17(28)29-9-14-25-18(22)27-19(26-14)23-11-7-5-10(21)6-8-11/h1-8,24H,9H2,(H3,22,23,25,26,27). The van der Waals surface area contributed by atoms with Crippen LogP contribution in [0, 0.1) is 5.82 Å². The minimum absolute atomic E-state index is 0.0562. The van der Waals surface area contributed by atoms with Crippen molar-refractivity contribution < 1.29 is 13.9 Å². The molecule has 0 aliphatic carbocycles.